The van der Waals surface area contributed by atoms with E-state index in [0.29, 0.717) is 0 Å². The Hall–Kier alpha value is 0. The van der Waals surface area contributed by atoms with Crippen LogP contribution in [-0.2, 0) is 0 Å². The van der Waals surface area contributed by atoms with Crippen molar-refractivity contribution in [1.82, 2.24) is 0 Å². The highest BCUT2D eigenvalue weighted by molar-refractivity contribution is 5.23. The SMILES string of the molecule is C1CCC2C3CCCCC4C5CCCCC6C7CCCCC8C(C1)C1C8C7C6C5C4C3C21. The van der Waals surface area contributed by atoms with Crippen molar-refractivity contribution in [3.8, 4) is 0 Å². The first-order valence-electron chi connectivity index (χ1n) is 15.9. The zero-order valence-electron chi connectivity index (χ0n) is 20.6. The molecule has 0 heteroatoms. The molecule has 0 radical (unpaired) electrons. The fraction of sp³-hybridized carbons (Fsp3) is 1.00. The standard InChI is InChI=1S/C32H48/c1-2-10-18-20-12-5-6-14-23-24-16-8-7-15-22-21-13-4-3-11-19-17(9-1)25-26(18)28(20)30(23)32(24)31(22)29(21)27(19)25/h17-32H,1-16H2. The Labute approximate surface area is 197 Å². The van der Waals surface area contributed by atoms with Crippen LogP contribution in [0.5, 0.6) is 0 Å². The van der Waals surface area contributed by atoms with Gasteiger partial charge in [0.25, 0.3) is 0 Å². The first kappa shape index (κ1) is 19.2. The van der Waals surface area contributed by atoms with Crippen molar-refractivity contribution in [1.29, 1.82) is 0 Å². The van der Waals surface area contributed by atoms with Crippen LogP contribution in [0.4, 0.5) is 0 Å². The van der Waals surface area contributed by atoms with Crippen LogP contribution in [0.3, 0.4) is 0 Å². The molecule has 0 spiro atoms. The van der Waals surface area contributed by atoms with Crippen molar-refractivity contribution < 1.29 is 0 Å². The minimum atomic E-state index is 1.19. The first-order chi connectivity index (χ1) is 15.9. The maximum atomic E-state index is 1.65. The molecule has 32 heavy (non-hydrogen) atoms. The lowest BCUT2D eigenvalue weighted by atomic mass is 9.25. The maximum absolute atomic E-state index is 1.65. The van der Waals surface area contributed by atoms with Crippen LogP contribution in [0.2, 0.25) is 0 Å². The second-order valence-corrected chi connectivity index (χ2v) is 15.1. The van der Waals surface area contributed by atoms with Crippen LogP contribution in [0.15, 0.2) is 0 Å². The van der Waals surface area contributed by atoms with E-state index in [1.165, 1.54) is 94.7 Å². The topological polar surface area (TPSA) is 0 Å². The van der Waals surface area contributed by atoms with E-state index in [4.69, 9.17) is 0 Å². The van der Waals surface area contributed by atoms with Gasteiger partial charge in [0, 0.05) is 0 Å². The van der Waals surface area contributed by atoms with Gasteiger partial charge in [-0.15, -0.1) is 0 Å². The fourth-order valence-corrected chi connectivity index (χ4v) is 14.6. The van der Waals surface area contributed by atoms with E-state index in [1.54, 1.807) is 103 Å². The van der Waals surface area contributed by atoms with Crippen LogP contribution in [0.1, 0.15) is 103 Å². The molecule has 9 aliphatic rings. The summed E-state index contributed by atoms with van der Waals surface area (Å²) < 4.78 is 0. The number of rotatable bonds is 0. The summed E-state index contributed by atoms with van der Waals surface area (Å²) in [5.74, 6) is 19.3. The molecule has 8 unspecified atom stereocenters. The smallest absolute Gasteiger partial charge is 0.0315 e. The van der Waals surface area contributed by atoms with Crippen LogP contribution in [0.25, 0.3) is 0 Å². The van der Waals surface area contributed by atoms with Crippen molar-refractivity contribution in [2.24, 2.45) is 94.7 Å². The van der Waals surface area contributed by atoms with E-state index in [2.05, 4.69) is 0 Å². The van der Waals surface area contributed by atoms with E-state index < -0.39 is 0 Å². The van der Waals surface area contributed by atoms with Crippen molar-refractivity contribution in [2.45, 2.75) is 103 Å². The minimum Gasteiger partial charge on any atom is -0.0530 e. The number of hydrogen-bond donors (Lipinski definition) is 0. The number of fused-ring (bicyclic) bond motifs is 4. The Kier molecular flexibility index (Phi) is 4.09. The van der Waals surface area contributed by atoms with Crippen molar-refractivity contribution >= 4 is 0 Å². The predicted molar refractivity (Wildman–Crippen MR) is 130 cm³/mol. The molecule has 176 valence electrons. The molecule has 0 N–H and O–H groups in total. The van der Waals surface area contributed by atoms with Gasteiger partial charge in [-0.2, -0.15) is 0 Å². The summed E-state index contributed by atoms with van der Waals surface area (Å²) in [6.45, 7) is 0. The lowest BCUT2D eigenvalue weighted by molar-refractivity contribution is -0.323. The van der Waals surface area contributed by atoms with Crippen LogP contribution in [-0.4, -0.2) is 0 Å². The third kappa shape index (κ3) is 2.16. The average molecular weight is 433 g/mol. The van der Waals surface area contributed by atoms with Crippen LogP contribution in [0, 0.1) is 94.7 Å². The van der Waals surface area contributed by atoms with Crippen molar-refractivity contribution in [3.63, 3.8) is 0 Å². The Balaban J connectivity index is 1.20. The van der Waals surface area contributed by atoms with Gasteiger partial charge in [0.2, 0.25) is 0 Å². The van der Waals surface area contributed by atoms with E-state index in [0.717, 1.165) is 0 Å². The second kappa shape index (κ2) is 6.81. The van der Waals surface area contributed by atoms with Gasteiger partial charge >= 0.3 is 0 Å². The molecule has 9 saturated carbocycles. The van der Waals surface area contributed by atoms with Crippen molar-refractivity contribution in [3.05, 3.63) is 0 Å². The van der Waals surface area contributed by atoms with E-state index in [9.17, 15) is 0 Å². The van der Waals surface area contributed by atoms with Crippen LogP contribution >= 0.6 is 0 Å². The quantitative estimate of drug-likeness (QED) is 0.362. The summed E-state index contributed by atoms with van der Waals surface area (Å²) in [5, 5.41) is 0. The maximum Gasteiger partial charge on any atom is -0.0315 e. The Bertz CT molecular complexity index is 560. The zero-order chi connectivity index (χ0) is 20.6. The van der Waals surface area contributed by atoms with Gasteiger partial charge in [0.15, 0.2) is 0 Å². The average Bonchev–Trinajstić information content (AvgIpc) is 2.74. The van der Waals surface area contributed by atoms with E-state index in [-0.39, 0.29) is 0 Å². The molecule has 9 rings (SSSR count). The molecule has 0 aliphatic heterocycles. The molecule has 0 heterocycles. The Morgan fingerprint density at radius 1 is 0.188 bits per heavy atom. The lowest BCUT2D eigenvalue weighted by Gasteiger charge is -2.80. The van der Waals surface area contributed by atoms with Crippen LogP contribution < -0.4 is 0 Å². The zero-order valence-corrected chi connectivity index (χ0v) is 20.6. The third-order valence-electron chi connectivity index (χ3n) is 15.0. The minimum absolute atomic E-state index is 1.19. The molecular formula is C32H48. The number of hydrogen-bond acceptors (Lipinski definition) is 0. The summed E-state index contributed by atoms with van der Waals surface area (Å²) >= 11 is 0. The fourth-order valence-electron chi connectivity index (χ4n) is 14.6. The molecule has 0 nitrogen and oxygen atoms in total. The van der Waals surface area contributed by atoms with Gasteiger partial charge in [-0.3, -0.25) is 0 Å². The molecule has 8 atom stereocenters. The third-order valence-corrected chi connectivity index (χ3v) is 15.0. The molecule has 0 saturated heterocycles. The Morgan fingerprint density at radius 2 is 0.312 bits per heavy atom. The molecule has 0 aromatic heterocycles. The Morgan fingerprint density at radius 3 is 0.438 bits per heavy atom. The van der Waals surface area contributed by atoms with E-state index in [1.807, 2.05) is 0 Å². The highest BCUT2D eigenvalue weighted by atomic mass is 14.8. The largest absolute Gasteiger partial charge is 0.0530 e. The lowest BCUT2D eigenvalue weighted by Crippen LogP contribution is -2.75. The van der Waals surface area contributed by atoms with Gasteiger partial charge in [0.1, 0.15) is 0 Å². The molecular weight excluding hydrogens is 384 g/mol. The molecule has 0 aromatic rings. The van der Waals surface area contributed by atoms with Gasteiger partial charge in [-0.1, -0.05) is 51.4 Å². The normalized spacial score (nSPS) is 66.0. The molecule has 0 aromatic carbocycles. The van der Waals surface area contributed by atoms with Gasteiger partial charge in [0.05, 0.1) is 0 Å². The molecule has 9 fully saturated rings. The summed E-state index contributed by atoms with van der Waals surface area (Å²) in [6.07, 6.45) is 26.0. The van der Waals surface area contributed by atoms with Gasteiger partial charge < -0.3 is 0 Å². The first-order valence-corrected chi connectivity index (χ1v) is 15.9. The van der Waals surface area contributed by atoms with E-state index >= 15 is 0 Å². The monoisotopic (exact) mass is 432 g/mol. The predicted octanol–water partition coefficient (Wildman–Crippen LogP) is 8.21. The summed E-state index contributed by atoms with van der Waals surface area (Å²) in [4.78, 5) is 0. The second-order valence-electron chi connectivity index (χ2n) is 15.1. The molecule has 9 aliphatic carbocycles. The van der Waals surface area contributed by atoms with Gasteiger partial charge in [-0.05, 0) is 146 Å². The summed E-state index contributed by atoms with van der Waals surface area (Å²) in [7, 11) is 0. The highest BCUT2D eigenvalue weighted by Gasteiger charge is 2.75. The van der Waals surface area contributed by atoms with Crippen molar-refractivity contribution in [2.75, 3.05) is 0 Å². The molecule has 0 bridgehead atoms. The highest BCUT2D eigenvalue weighted by Crippen LogP contribution is 2.80. The molecule has 0 amide bonds. The summed E-state index contributed by atoms with van der Waals surface area (Å²) in [6, 6.07) is 0. The van der Waals surface area contributed by atoms with Gasteiger partial charge in [-0.25, -0.2) is 0 Å². The summed E-state index contributed by atoms with van der Waals surface area (Å²) in [5.41, 5.74) is 0.